The fraction of sp³-hybridized carbons (Fsp3) is 0.391. The highest BCUT2D eigenvalue weighted by Crippen LogP contribution is 2.60. The highest BCUT2D eigenvalue weighted by Gasteiger charge is 2.43. The van der Waals surface area contributed by atoms with Crippen LogP contribution in [0.3, 0.4) is 0 Å². The van der Waals surface area contributed by atoms with Crippen LogP contribution in [0.25, 0.3) is 0 Å². The van der Waals surface area contributed by atoms with Crippen molar-refractivity contribution in [1.82, 2.24) is 5.32 Å². The van der Waals surface area contributed by atoms with E-state index in [0.717, 1.165) is 36.4 Å². The standard InChI is InChI=1S/C23H28FN3O9P2S2/c24-19-12-16(3-6-20(19)26-7-9-39-10-8-26)27-14-17(36-23(27)29)13-25-22(28)40-18-4-1-15(2-5-18)11-21(37(30,31)32)38(33,34)35/h1-6,12,17,21H,7-11,13-14H2,(H,25,28)(H2,30,31,32)(H2,33,34,35)/t17-/m0/s1. The number of hydrogen-bond donors (Lipinski definition) is 5. The first-order valence-electron chi connectivity index (χ1n) is 12.1. The molecule has 218 valence electrons. The average molecular weight is 636 g/mol. The van der Waals surface area contributed by atoms with Crippen molar-refractivity contribution in [3.05, 3.63) is 53.8 Å². The number of cyclic esters (lactones) is 1. The molecular weight excluding hydrogens is 607 g/mol. The van der Waals surface area contributed by atoms with E-state index in [2.05, 4.69) is 5.32 Å². The molecule has 0 aromatic heterocycles. The fourth-order valence-electron chi connectivity index (χ4n) is 4.24. The normalized spacial score (nSPS) is 18.2. The molecule has 2 heterocycles. The molecule has 2 aliphatic heterocycles. The molecule has 0 aliphatic carbocycles. The molecule has 0 radical (unpaired) electrons. The number of hydrogen-bond acceptors (Lipinski definition) is 8. The third-order valence-corrected chi connectivity index (χ3v) is 11.8. The molecule has 2 fully saturated rings. The maximum atomic E-state index is 14.8. The summed E-state index contributed by atoms with van der Waals surface area (Å²) < 4.78 is 43.1. The van der Waals surface area contributed by atoms with E-state index in [4.69, 9.17) is 4.74 Å². The summed E-state index contributed by atoms with van der Waals surface area (Å²) in [6.45, 7) is 1.65. The number of amides is 2. The van der Waals surface area contributed by atoms with Crippen LogP contribution in [0, 0.1) is 5.82 Å². The molecule has 17 heteroatoms. The van der Waals surface area contributed by atoms with Crippen LogP contribution in [0.2, 0.25) is 0 Å². The minimum atomic E-state index is -5.05. The van der Waals surface area contributed by atoms with Crippen LogP contribution in [0.15, 0.2) is 47.4 Å². The van der Waals surface area contributed by atoms with E-state index in [1.54, 1.807) is 12.1 Å². The maximum absolute atomic E-state index is 14.8. The zero-order valence-electron chi connectivity index (χ0n) is 21.0. The molecule has 0 bridgehead atoms. The number of ether oxygens (including phenoxy) is 1. The summed E-state index contributed by atoms with van der Waals surface area (Å²) in [5.41, 5.74) is 1.13. The van der Waals surface area contributed by atoms with Gasteiger partial charge in [-0.2, -0.15) is 11.8 Å². The van der Waals surface area contributed by atoms with E-state index in [1.807, 2.05) is 16.7 Å². The Bertz CT molecular complexity index is 1310. The first-order valence-corrected chi connectivity index (χ1v) is 17.4. The minimum absolute atomic E-state index is 0.0183. The molecule has 2 aromatic rings. The van der Waals surface area contributed by atoms with Gasteiger partial charge in [0.1, 0.15) is 11.9 Å². The zero-order valence-corrected chi connectivity index (χ0v) is 24.4. The Morgan fingerprint density at radius 2 is 1.75 bits per heavy atom. The third-order valence-electron chi connectivity index (χ3n) is 6.27. The smallest absolute Gasteiger partial charge is 0.414 e. The van der Waals surface area contributed by atoms with Gasteiger partial charge >= 0.3 is 21.3 Å². The van der Waals surface area contributed by atoms with Gasteiger partial charge in [-0.05, 0) is 54.1 Å². The van der Waals surface area contributed by atoms with Gasteiger partial charge in [0.2, 0.25) is 0 Å². The molecule has 0 unspecified atom stereocenters. The van der Waals surface area contributed by atoms with E-state index >= 15 is 0 Å². The molecule has 2 aliphatic rings. The Morgan fingerprint density at radius 1 is 1.10 bits per heavy atom. The summed E-state index contributed by atoms with van der Waals surface area (Å²) in [4.78, 5) is 65.7. The SMILES string of the molecule is O=C(NC[C@H]1CN(c2ccc(N3CCSCC3)c(F)c2)C(=O)O1)Sc1ccc(CC(P(=O)(O)O)P(=O)(O)O)cc1. The maximum Gasteiger partial charge on any atom is 0.414 e. The van der Waals surface area contributed by atoms with Crippen LogP contribution in [0.1, 0.15) is 5.56 Å². The van der Waals surface area contributed by atoms with Gasteiger partial charge in [-0.1, -0.05) is 12.1 Å². The van der Waals surface area contributed by atoms with Gasteiger partial charge in [0.05, 0.1) is 24.5 Å². The van der Waals surface area contributed by atoms with Crippen LogP contribution in [-0.4, -0.2) is 80.1 Å². The first-order chi connectivity index (χ1) is 18.8. The van der Waals surface area contributed by atoms with E-state index in [9.17, 15) is 42.7 Å². The number of halogens is 1. The van der Waals surface area contributed by atoms with Gasteiger partial charge in [-0.25, -0.2) is 9.18 Å². The number of nitrogens with zero attached hydrogens (tertiary/aromatic N) is 2. The Balaban J connectivity index is 1.28. The van der Waals surface area contributed by atoms with Gasteiger partial charge < -0.3 is 34.5 Å². The van der Waals surface area contributed by atoms with Crippen molar-refractivity contribution >= 4 is 61.4 Å². The van der Waals surface area contributed by atoms with Gasteiger partial charge in [-0.15, -0.1) is 0 Å². The summed E-state index contributed by atoms with van der Waals surface area (Å²) in [6.07, 6.45) is -1.84. The van der Waals surface area contributed by atoms with Crippen molar-refractivity contribution in [2.45, 2.75) is 22.8 Å². The average Bonchev–Trinajstić information content (AvgIpc) is 3.26. The number of benzene rings is 2. The first kappa shape index (κ1) is 30.9. The molecule has 0 spiro atoms. The van der Waals surface area contributed by atoms with E-state index in [1.165, 1.54) is 35.2 Å². The summed E-state index contributed by atoms with van der Waals surface area (Å²) >= 11 is 2.63. The lowest BCUT2D eigenvalue weighted by Gasteiger charge is -2.29. The number of thioether (sulfide) groups is 2. The Kier molecular flexibility index (Phi) is 9.90. The van der Waals surface area contributed by atoms with Gasteiger partial charge in [-0.3, -0.25) is 18.8 Å². The summed E-state index contributed by atoms with van der Waals surface area (Å²) in [5.74, 6) is 1.43. The number of carbonyl (C=O) groups excluding carboxylic acids is 2. The molecule has 1 atom stereocenters. The molecule has 0 saturated carbocycles. The van der Waals surface area contributed by atoms with Crippen molar-refractivity contribution in [2.75, 3.05) is 47.5 Å². The number of anilines is 2. The van der Waals surface area contributed by atoms with Crippen molar-refractivity contribution < 1.29 is 47.4 Å². The van der Waals surface area contributed by atoms with Crippen LogP contribution >= 0.6 is 38.7 Å². The molecular formula is C23H28FN3O9P2S2. The van der Waals surface area contributed by atoms with Gasteiger partial charge in [0.15, 0.2) is 5.40 Å². The lowest BCUT2D eigenvalue weighted by molar-refractivity contribution is 0.141. The summed E-state index contributed by atoms with van der Waals surface area (Å²) in [6, 6.07) is 10.4. The van der Waals surface area contributed by atoms with Crippen molar-refractivity contribution in [3.63, 3.8) is 0 Å². The Hall–Kier alpha value is -2.09. The van der Waals surface area contributed by atoms with E-state index in [0.29, 0.717) is 16.3 Å². The predicted molar refractivity (Wildman–Crippen MR) is 151 cm³/mol. The second-order valence-electron chi connectivity index (χ2n) is 9.13. The number of rotatable bonds is 9. The molecule has 2 aromatic carbocycles. The van der Waals surface area contributed by atoms with Crippen LogP contribution in [-0.2, 0) is 20.3 Å². The van der Waals surface area contributed by atoms with E-state index < -0.39 is 50.3 Å². The third kappa shape index (κ3) is 8.01. The van der Waals surface area contributed by atoms with Crippen LogP contribution in [0.4, 0.5) is 25.4 Å². The van der Waals surface area contributed by atoms with E-state index in [-0.39, 0.29) is 18.7 Å². The molecule has 40 heavy (non-hydrogen) atoms. The lowest BCUT2D eigenvalue weighted by atomic mass is 10.2. The monoisotopic (exact) mass is 635 g/mol. The molecule has 2 amide bonds. The minimum Gasteiger partial charge on any atom is -0.442 e. The quantitative estimate of drug-likeness (QED) is 0.201. The van der Waals surface area contributed by atoms with Gasteiger partial charge in [0, 0.05) is 29.5 Å². The number of nitrogens with one attached hydrogen (secondary N) is 1. The lowest BCUT2D eigenvalue weighted by Crippen LogP contribution is -2.33. The van der Waals surface area contributed by atoms with Crippen molar-refractivity contribution in [1.29, 1.82) is 0 Å². The topological polar surface area (TPSA) is 177 Å². The van der Waals surface area contributed by atoms with Crippen molar-refractivity contribution in [2.24, 2.45) is 0 Å². The zero-order chi connectivity index (χ0) is 29.1. The summed E-state index contributed by atoms with van der Waals surface area (Å²) in [5, 5.41) is 0.0356. The highest BCUT2D eigenvalue weighted by molar-refractivity contribution is 8.13. The fourth-order valence-corrected chi connectivity index (χ4v) is 8.25. The van der Waals surface area contributed by atoms with Crippen molar-refractivity contribution in [3.8, 4) is 0 Å². The highest BCUT2D eigenvalue weighted by atomic mass is 32.2. The molecule has 4 rings (SSSR count). The largest absolute Gasteiger partial charge is 0.442 e. The Morgan fingerprint density at radius 3 is 2.35 bits per heavy atom. The molecule has 2 saturated heterocycles. The van der Waals surface area contributed by atoms with Gasteiger partial charge in [0.25, 0.3) is 5.24 Å². The van der Waals surface area contributed by atoms with Crippen LogP contribution < -0.4 is 15.1 Å². The molecule has 12 nitrogen and oxygen atoms in total. The molecule has 5 N–H and O–H groups in total. The predicted octanol–water partition coefficient (Wildman–Crippen LogP) is 3.43. The van der Waals surface area contributed by atoms with Crippen LogP contribution in [0.5, 0.6) is 0 Å². The Labute approximate surface area is 238 Å². The second-order valence-corrected chi connectivity index (χ2v) is 15.4. The second kappa shape index (κ2) is 12.8. The summed E-state index contributed by atoms with van der Waals surface area (Å²) in [7, 11) is -10.1. The number of carbonyl (C=O) groups is 2.